The Balaban J connectivity index is 2.39. The third kappa shape index (κ3) is 3.08. The maximum atomic E-state index is 12.6. The highest BCUT2D eigenvalue weighted by Gasteiger charge is 2.38. The molecule has 7 heteroatoms. The van der Waals surface area contributed by atoms with Gasteiger partial charge in [-0.3, -0.25) is 0 Å². The Morgan fingerprint density at radius 1 is 1.47 bits per heavy atom. The number of nitrogens with zero attached hydrogens (tertiary/aromatic N) is 2. The summed E-state index contributed by atoms with van der Waals surface area (Å²) in [6, 6.07) is 6.71. The van der Waals surface area contributed by atoms with Crippen LogP contribution in [0.5, 0.6) is 0 Å². The average Bonchev–Trinajstić information content (AvgIpc) is 3.17. The van der Waals surface area contributed by atoms with Gasteiger partial charge in [0.25, 0.3) is 0 Å². The van der Waals surface area contributed by atoms with Crippen molar-refractivity contribution in [1.82, 2.24) is 4.31 Å². The van der Waals surface area contributed by atoms with E-state index in [9.17, 15) is 8.42 Å². The number of nitrogen functional groups attached to an aromatic ring is 1. The summed E-state index contributed by atoms with van der Waals surface area (Å²) in [7, 11) is -3.61. The first-order valence-corrected chi connectivity index (χ1v) is 8.14. The number of hydrogen-bond acceptors (Lipinski definition) is 4. The van der Waals surface area contributed by atoms with Gasteiger partial charge in [-0.05, 0) is 47.0 Å². The monoisotopic (exact) mass is 343 g/mol. The van der Waals surface area contributed by atoms with Gasteiger partial charge in [-0.2, -0.15) is 9.57 Å². The number of nitrogens with two attached hydrogens (primary N) is 1. The van der Waals surface area contributed by atoms with Gasteiger partial charge < -0.3 is 5.73 Å². The molecular formula is C12H14BrN3O2S. The van der Waals surface area contributed by atoms with E-state index in [0.717, 1.165) is 12.8 Å². The molecule has 0 unspecified atom stereocenters. The third-order valence-corrected chi connectivity index (χ3v) is 5.89. The summed E-state index contributed by atoms with van der Waals surface area (Å²) in [6.07, 6.45) is 1.89. The van der Waals surface area contributed by atoms with Gasteiger partial charge in [0.15, 0.2) is 0 Å². The Morgan fingerprint density at radius 2 is 2.16 bits per heavy atom. The van der Waals surface area contributed by atoms with Crippen LogP contribution >= 0.6 is 15.9 Å². The van der Waals surface area contributed by atoms with Crippen molar-refractivity contribution >= 4 is 31.6 Å². The molecule has 0 aromatic heterocycles. The summed E-state index contributed by atoms with van der Waals surface area (Å²) in [6.45, 7) is 0.227. The van der Waals surface area contributed by atoms with Crippen molar-refractivity contribution in [2.45, 2.75) is 30.2 Å². The molecule has 1 saturated carbocycles. The molecule has 0 atom stereocenters. The van der Waals surface area contributed by atoms with E-state index in [4.69, 9.17) is 11.0 Å². The summed E-state index contributed by atoms with van der Waals surface area (Å²) in [5, 5.41) is 8.65. The molecule has 0 heterocycles. The maximum Gasteiger partial charge on any atom is 0.244 e. The van der Waals surface area contributed by atoms with Crippen LogP contribution in [0.3, 0.4) is 0 Å². The van der Waals surface area contributed by atoms with Crippen LogP contribution in [-0.2, 0) is 10.0 Å². The molecule has 0 aliphatic heterocycles. The minimum Gasteiger partial charge on any atom is -0.399 e. The molecule has 0 saturated heterocycles. The molecule has 0 bridgehead atoms. The van der Waals surface area contributed by atoms with Crippen LogP contribution in [0.1, 0.15) is 19.3 Å². The number of halogens is 1. The smallest absolute Gasteiger partial charge is 0.244 e. The SMILES string of the molecule is N#CCCN(C1CC1)S(=O)(=O)c1cc(N)ccc1Br. The van der Waals surface area contributed by atoms with Gasteiger partial charge in [-0.1, -0.05) is 0 Å². The lowest BCUT2D eigenvalue weighted by atomic mass is 10.3. The van der Waals surface area contributed by atoms with Gasteiger partial charge in [0.05, 0.1) is 11.0 Å². The van der Waals surface area contributed by atoms with Gasteiger partial charge in [-0.15, -0.1) is 0 Å². The Labute approximate surface area is 121 Å². The highest BCUT2D eigenvalue weighted by atomic mass is 79.9. The van der Waals surface area contributed by atoms with Crippen molar-refractivity contribution in [3.05, 3.63) is 22.7 Å². The quantitative estimate of drug-likeness (QED) is 0.829. The molecule has 1 fully saturated rings. The van der Waals surface area contributed by atoms with E-state index < -0.39 is 10.0 Å². The molecule has 1 aliphatic carbocycles. The third-order valence-electron chi connectivity index (χ3n) is 2.94. The lowest BCUT2D eigenvalue weighted by molar-refractivity contribution is 0.410. The molecule has 5 nitrogen and oxygen atoms in total. The van der Waals surface area contributed by atoms with Gasteiger partial charge >= 0.3 is 0 Å². The fourth-order valence-electron chi connectivity index (χ4n) is 1.87. The van der Waals surface area contributed by atoms with Crippen molar-refractivity contribution in [3.8, 4) is 6.07 Å². The Morgan fingerprint density at radius 3 is 2.74 bits per heavy atom. The molecule has 2 rings (SSSR count). The minimum absolute atomic E-state index is 0.0201. The van der Waals surface area contributed by atoms with E-state index in [1.54, 1.807) is 12.1 Å². The second-order valence-electron chi connectivity index (χ2n) is 4.44. The lowest BCUT2D eigenvalue weighted by Gasteiger charge is -2.21. The van der Waals surface area contributed by atoms with Crippen molar-refractivity contribution in [2.75, 3.05) is 12.3 Å². The Bertz CT molecular complexity index is 620. The van der Waals surface area contributed by atoms with Gasteiger partial charge in [0.1, 0.15) is 0 Å². The lowest BCUT2D eigenvalue weighted by Crippen LogP contribution is -2.34. The molecule has 0 spiro atoms. The molecule has 0 amide bonds. The van der Waals surface area contributed by atoms with Crippen LogP contribution < -0.4 is 5.73 Å². The highest BCUT2D eigenvalue weighted by molar-refractivity contribution is 9.10. The fraction of sp³-hybridized carbons (Fsp3) is 0.417. The first-order valence-electron chi connectivity index (χ1n) is 5.90. The summed E-state index contributed by atoms with van der Waals surface area (Å²) in [5.41, 5.74) is 6.06. The Kier molecular flexibility index (Phi) is 4.13. The summed E-state index contributed by atoms with van der Waals surface area (Å²) in [4.78, 5) is 0.164. The van der Waals surface area contributed by atoms with E-state index in [0.29, 0.717) is 10.2 Å². The number of hydrogen-bond donors (Lipinski definition) is 1. The Hall–Kier alpha value is -1.10. The second kappa shape index (κ2) is 5.49. The van der Waals surface area contributed by atoms with Crippen LogP contribution in [0.25, 0.3) is 0 Å². The first kappa shape index (κ1) is 14.3. The van der Waals surface area contributed by atoms with Crippen molar-refractivity contribution in [2.24, 2.45) is 0 Å². The summed E-state index contributed by atoms with van der Waals surface area (Å²) in [5.74, 6) is 0. The van der Waals surface area contributed by atoms with E-state index in [2.05, 4.69) is 15.9 Å². The number of benzene rings is 1. The number of nitriles is 1. The highest BCUT2D eigenvalue weighted by Crippen LogP contribution is 2.35. The van der Waals surface area contributed by atoms with Gasteiger partial charge in [0.2, 0.25) is 10.0 Å². The van der Waals surface area contributed by atoms with E-state index in [1.165, 1.54) is 10.4 Å². The molecule has 102 valence electrons. The minimum atomic E-state index is -3.61. The summed E-state index contributed by atoms with van der Waals surface area (Å²) >= 11 is 3.25. The molecule has 1 aromatic carbocycles. The van der Waals surface area contributed by atoms with Gasteiger partial charge in [-0.25, -0.2) is 8.42 Å². The van der Waals surface area contributed by atoms with E-state index in [1.807, 2.05) is 6.07 Å². The second-order valence-corrected chi connectivity index (χ2v) is 7.16. The average molecular weight is 344 g/mol. The number of rotatable bonds is 5. The zero-order chi connectivity index (χ0) is 14.0. The zero-order valence-electron chi connectivity index (χ0n) is 10.2. The maximum absolute atomic E-state index is 12.6. The predicted molar refractivity (Wildman–Crippen MR) is 75.7 cm³/mol. The van der Waals surface area contributed by atoms with Crippen LogP contribution in [-0.4, -0.2) is 25.3 Å². The van der Waals surface area contributed by atoms with Crippen LogP contribution in [0.4, 0.5) is 5.69 Å². The molecule has 19 heavy (non-hydrogen) atoms. The predicted octanol–water partition coefficient (Wildman–Crippen LogP) is 2.10. The molecule has 1 aromatic rings. The number of sulfonamides is 1. The van der Waals surface area contributed by atoms with Crippen LogP contribution in [0.2, 0.25) is 0 Å². The van der Waals surface area contributed by atoms with Crippen molar-refractivity contribution in [1.29, 1.82) is 5.26 Å². The van der Waals surface area contributed by atoms with E-state index in [-0.39, 0.29) is 23.9 Å². The van der Waals surface area contributed by atoms with Crippen molar-refractivity contribution in [3.63, 3.8) is 0 Å². The molecule has 2 N–H and O–H groups in total. The van der Waals surface area contributed by atoms with Crippen LogP contribution in [0, 0.1) is 11.3 Å². The molecule has 0 radical (unpaired) electrons. The molecule has 1 aliphatic rings. The van der Waals surface area contributed by atoms with Crippen molar-refractivity contribution < 1.29 is 8.42 Å². The summed E-state index contributed by atoms with van der Waals surface area (Å²) < 4.78 is 27.1. The largest absolute Gasteiger partial charge is 0.399 e. The fourth-order valence-corrected chi connectivity index (χ4v) is 4.51. The zero-order valence-corrected chi connectivity index (χ0v) is 12.6. The van der Waals surface area contributed by atoms with E-state index >= 15 is 0 Å². The topological polar surface area (TPSA) is 87.2 Å². The first-order chi connectivity index (χ1) is 8.96. The number of anilines is 1. The van der Waals surface area contributed by atoms with Gasteiger partial charge in [0, 0.05) is 29.2 Å². The normalized spacial score (nSPS) is 15.4. The standard InChI is InChI=1S/C12H14BrN3O2S/c13-11-5-2-9(15)8-12(11)19(17,18)16(7-1-6-14)10-3-4-10/h2,5,8,10H,1,3-4,7,15H2. The van der Waals surface area contributed by atoms with Crippen LogP contribution in [0.15, 0.2) is 27.6 Å². The molecular weight excluding hydrogens is 330 g/mol.